The molecule has 1 N–H and O–H groups in total. The summed E-state index contributed by atoms with van der Waals surface area (Å²) in [6.07, 6.45) is 2.87. The molecule has 1 aliphatic heterocycles. The molecule has 1 fully saturated rings. The maximum absolute atomic E-state index is 12.9. The third kappa shape index (κ3) is 4.29. The number of benzene rings is 1. The predicted molar refractivity (Wildman–Crippen MR) is 87.5 cm³/mol. The maximum Gasteiger partial charge on any atom is 0.289 e. The van der Waals surface area contributed by atoms with Gasteiger partial charge in [0.05, 0.1) is 11.2 Å². The van der Waals surface area contributed by atoms with E-state index in [1.807, 2.05) is 0 Å². The van der Waals surface area contributed by atoms with Gasteiger partial charge in [-0.2, -0.15) is 4.31 Å². The smallest absolute Gasteiger partial charge is 0.258 e. The SMILES string of the molecule is CS(=O)(=O)NC[C@@H]1CCCCN1S(=O)(=O)c1ccccc1[N+](=O)[O-]. The van der Waals surface area contributed by atoms with Crippen LogP contribution in [0.4, 0.5) is 5.69 Å². The van der Waals surface area contributed by atoms with Gasteiger partial charge >= 0.3 is 0 Å². The van der Waals surface area contributed by atoms with Gasteiger partial charge in [-0.25, -0.2) is 21.6 Å². The Bertz CT molecular complexity index is 822. The summed E-state index contributed by atoms with van der Waals surface area (Å²) >= 11 is 0. The first-order valence-electron chi connectivity index (χ1n) is 7.33. The Kier molecular flexibility index (Phi) is 5.58. The van der Waals surface area contributed by atoms with E-state index in [9.17, 15) is 26.9 Å². The van der Waals surface area contributed by atoms with Crippen molar-refractivity contribution in [3.63, 3.8) is 0 Å². The molecule has 1 heterocycles. The summed E-state index contributed by atoms with van der Waals surface area (Å²) < 4.78 is 51.8. The van der Waals surface area contributed by atoms with Crippen LogP contribution >= 0.6 is 0 Å². The zero-order chi connectivity index (χ0) is 18.0. The molecule has 0 bridgehead atoms. The highest BCUT2D eigenvalue weighted by molar-refractivity contribution is 7.89. The Morgan fingerprint density at radius 2 is 1.92 bits per heavy atom. The minimum absolute atomic E-state index is 0.0569. The van der Waals surface area contributed by atoms with E-state index in [0.29, 0.717) is 12.8 Å². The summed E-state index contributed by atoms with van der Waals surface area (Å²) in [5.74, 6) is 0. The van der Waals surface area contributed by atoms with Gasteiger partial charge < -0.3 is 0 Å². The molecule has 0 spiro atoms. The van der Waals surface area contributed by atoms with Crippen LogP contribution in [0.3, 0.4) is 0 Å². The third-order valence-electron chi connectivity index (χ3n) is 3.80. The number of piperidine rings is 1. The van der Waals surface area contributed by atoms with Crippen LogP contribution in [0.5, 0.6) is 0 Å². The molecule has 0 amide bonds. The highest BCUT2D eigenvalue weighted by Gasteiger charge is 2.37. The Labute approximate surface area is 140 Å². The first-order chi connectivity index (χ1) is 11.1. The number of nitro benzene ring substituents is 1. The fourth-order valence-electron chi connectivity index (χ4n) is 2.69. The number of rotatable bonds is 6. The summed E-state index contributed by atoms with van der Waals surface area (Å²) in [5, 5.41) is 11.1. The molecule has 0 aliphatic carbocycles. The van der Waals surface area contributed by atoms with Crippen molar-refractivity contribution >= 4 is 25.7 Å². The summed E-state index contributed by atoms with van der Waals surface area (Å²) in [4.78, 5) is 10.0. The highest BCUT2D eigenvalue weighted by Crippen LogP contribution is 2.30. The molecule has 0 saturated carbocycles. The molecule has 1 aromatic carbocycles. The standard InChI is InChI=1S/C13H19N3O6S2/c1-23(19,20)14-10-11-6-4-5-9-15(11)24(21,22)13-8-3-2-7-12(13)16(17)18/h2-3,7-8,11,14H,4-6,9-10H2,1H3/t11-/m0/s1. The Morgan fingerprint density at radius 3 is 2.54 bits per heavy atom. The quantitative estimate of drug-likeness (QED) is 0.574. The first-order valence-corrected chi connectivity index (χ1v) is 10.7. The average molecular weight is 377 g/mol. The van der Waals surface area contributed by atoms with Crippen molar-refractivity contribution in [2.45, 2.75) is 30.2 Å². The molecule has 0 unspecified atom stereocenters. The lowest BCUT2D eigenvalue weighted by molar-refractivity contribution is -0.387. The molecule has 134 valence electrons. The molecule has 0 aromatic heterocycles. The van der Waals surface area contributed by atoms with E-state index in [-0.39, 0.29) is 18.0 Å². The van der Waals surface area contributed by atoms with Crippen molar-refractivity contribution in [3.8, 4) is 0 Å². The van der Waals surface area contributed by atoms with Crippen LogP contribution in [0.2, 0.25) is 0 Å². The van der Waals surface area contributed by atoms with E-state index in [1.165, 1.54) is 18.2 Å². The summed E-state index contributed by atoms with van der Waals surface area (Å²) in [6, 6.07) is 4.59. The fraction of sp³-hybridized carbons (Fsp3) is 0.538. The van der Waals surface area contributed by atoms with Crippen LogP contribution < -0.4 is 4.72 Å². The van der Waals surface area contributed by atoms with E-state index in [2.05, 4.69) is 4.72 Å². The van der Waals surface area contributed by atoms with Crippen LogP contribution in [0.1, 0.15) is 19.3 Å². The van der Waals surface area contributed by atoms with Gasteiger partial charge in [-0.05, 0) is 18.9 Å². The molecule has 11 heteroatoms. The lowest BCUT2D eigenvalue weighted by atomic mass is 10.1. The lowest BCUT2D eigenvalue weighted by Gasteiger charge is -2.34. The van der Waals surface area contributed by atoms with Crippen LogP contribution in [0.15, 0.2) is 29.2 Å². The van der Waals surface area contributed by atoms with E-state index in [1.54, 1.807) is 0 Å². The highest BCUT2D eigenvalue weighted by atomic mass is 32.2. The molecule has 2 rings (SSSR count). The zero-order valence-corrected chi connectivity index (χ0v) is 14.7. The van der Waals surface area contributed by atoms with Crippen LogP contribution in [0.25, 0.3) is 0 Å². The van der Waals surface area contributed by atoms with Crippen molar-refractivity contribution in [1.29, 1.82) is 0 Å². The van der Waals surface area contributed by atoms with Gasteiger partial charge in [-0.15, -0.1) is 0 Å². The Hall–Kier alpha value is -1.56. The van der Waals surface area contributed by atoms with E-state index in [0.717, 1.165) is 23.0 Å². The van der Waals surface area contributed by atoms with Crippen molar-refractivity contribution < 1.29 is 21.8 Å². The van der Waals surface area contributed by atoms with Gasteiger partial charge in [0.2, 0.25) is 20.0 Å². The predicted octanol–water partition coefficient (Wildman–Crippen LogP) is 0.687. The number of hydrogen-bond acceptors (Lipinski definition) is 6. The second-order valence-electron chi connectivity index (χ2n) is 5.61. The van der Waals surface area contributed by atoms with Gasteiger partial charge in [0.1, 0.15) is 0 Å². The van der Waals surface area contributed by atoms with Gasteiger partial charge in [-0.3, -0.25) is 10.1 Å². The minimum Gasteiger partial charge on any atom is -0.258 e. The Morgan fingerprint density at radius 1 is 1.25 bits per heavy atom. The number of nitrogens with one attached hydrogen (secondary N) is 1. The lowest BCUT2D eigenvalue weighted by Crippen LogP contribution is -2.49. The fourth-order valence-corrected chi connectivity index (χ4v) is 5.04. The molecular formula is C13H19N3O6S2. The van der Waals surface area contributed by atoms with Crippen molar-refractivity contribution in [1.82, 2.24) is 9.03 Å². The van der Waals surface area contributed by atoms with Gasteiger partial charge in [0, 0.05) is 25.2 Å². The Balaban J connectivity index is 2.37. The van der Waals surface area contributed by atoms with E-state index in [4.69, 9.17) is 0 Å². The molecule has 1 saturated heterocycles. The van der Waals surface area contributed by atoms with Crippen molar-refractivity contribution in [2.75, 3.05) is 19.3 Å². The molecule has 1 aliphatic rings. The van der Waals surface area contributed by atoms with E-state index >= 15 is 0 Å². The summed E-state index contributed by atoms with van der Waals surface area (Å²) in [6.45, 7) is 0.142. The van der Waals surface area contributed by atoms with Crippen molar-refractivity contribution in [3.05, 3.63) is 34.4 Å². The van der Waals surface area contributed by atoms with Gasteiger partial charge in [-0.1, -0.05) is 18.6 Å². The second-order valence-corrected chi connectivity index (χ2v) is 9.30. The molecule has 9 nitrogen and oxygen atoms in total. The maximum atomic E-state index is 12.9. The van der Waals surface area contributed by atoms with Crippen LogP contribution in [-0.2, 0) is 20.0 Å². The van der Waals surface area contributed by atoms with Crippen LogP contribution in [0, 0.1) is 10.1 Å². The number of nitro groups is 1. The first kappa shape index (κ1) is 18.8. The number of sulfonamides is 2. The van der Waals surface area contributed by atoms with E-state index < -0.39 is 36.7 Å². The molecule has 0 radical (unpaired) electrons. The number of para-hydroxylation sites is 1. The van der Waals surface area contributed by atoms with Gasteiger partial charge in [0.15, 0.2) is 4.90 Å². The largest absolute Gasteiger partial charge is 0.289 e. The van der Waals surface area contributed by atoms with Crippen LogP contribution in [-0.4, -0.2) is 51.5 Å². The van der Waals surface area contributed by atoms with Gasteiger partial charge in [0.25, 0.3) is 5.69 Å². The zero-order valence-electron chi connectivity index (χ0n) is 13.1. The normalized spacial score (nSPS) is 20.0. The topological polar surface area (TPSA) is 127 Å². The molecule has 24 heavy (non-hydrogen) atoms. The van der Waals surface area contributed by atoms with Crippen molar-refractivity contribution in [2.24, 2.45) is 0 Å². The monoisotopic (exact) mass is 377 g/mol. The molecule has 1 atom stereocenters. The summed E-state index contributed by atoms with van der Waals surface area (Å²) in [5.41, 5.74) is -0.488. The number of hydrogen-bond donors (Lipinski definition) is 1. The molecular weight excluding hydrogens is 358 g/mol. The third-order valence-corrected chi connectivity index (χ3v) is 6.49. The second kappa shape index (κ2) is 7.13. The molecule has 1 aromatic rings. The average Bonchev–Trinajstić information content (AvgIpc) is 2.52. The minimum atomic E-state index is -4.10. The summed E-state index contributed by atoms with van der Waals surface area (Å²) in [7, 11) is -7.56. The number of nitrogens with zero attached hydrogens (tertiary/aromatic N) is 2.